The minimum Gasteiger partial charge on any atom is -0.380 e. The third-order valence-corrected chi connectivity index (χ3v) is 3.13. The Hall–Kier alpha value is -0.380. The first-order chi connectivity index (χ1) is 7.43. The maximum absolute atomic E-state index is 5.45. The largest absolute Gasteiger partial charge is 0.380 e. The summed E-state index contributed by atoms with van der Waals surface area (Å²) in [7, 11) is 0. The Morgan fingerprint density at radius 2 is 2.27 bits per heavy atom. The number of thiophene rings is 1. The maximum atomic E-state index is 5.45. The van der Waals surface area contributed by atoms with Crippen molar-refractivity contribution in [3.05, 3.63) is 22.4 Å². The van der Waals surface area contributed by atoms with E-state index in [9.17, 15) is 0 Å². The second-order valence-corrected chi connectivity index (χ2v) is 4.58. The van der Waals surface area contributed by atoms with Gasteiger partial charge in [-0.25, -0.2) is 0 Å². The molecule has 0 unspecified atom stereocenters. The quantitative estimate of drug-likeness (QED) is 0.655. The SMILES string of the molecule is CCCCOCCNCCc1cccs1. The summed E-state index contributed by atoms with van der Waals surface area (Å²) >= 11 is 1.83. The van der Waals surface area contributed by atoms with Gasteiger partial charge in [-0.3, -0.25) is 0 Å². The van der Waals surface area contributed by atoms with Crippen LogP contribution in [0.1, 0.15) is 24.6 Å². The average Bonchev–Trinajstić information content (AvgIpc) is 2.75. The summed E-state index contributed by atoms with van der Waals surface area (Å²) in [5.41, 5.74) is 0. The van der Waals surface area contributed by atoms with E-state index >= 15 is 0 Å². The van der Waals surface area contributed by atoms with E-state index in [2.05, 4.69) is 29.8 Å². The van der Waals surface area contributed by atoms with Gasteiger partial charge in [0.05, 0.1) is 6.61 Å². The second-order valence-electron chi connectivity index (χ2n) is 3.55. The fourth-order valence-electron chi connectivity index (χ4n) is 1.28. The van der Waals surface area contributed by atoms with E-state index in [4.69, 9.17) is 4.74 Å². The number of nitrogens with one attached hydrogen (secondary N) is 1. The highest BCUT2D eigenvalue weighted by Crippen LogP contribution is 2.07. The number of rotatable bonds is 9. The topological polar surface area (TPSA) is 21.3 Å². The molecule has 0 spiro atoms. The minimum atomic E-state index is 0.838. The molecule has 0 fully saturated rings. The summed E-state index contributed by atoms with van der Waals surface area (Å²) in [6.45, 7) is 5.95. The normalized spacial score (nSPS) is 10.7. The maximum Gasteiger partial charge on any atom is 0.0590 e. The zero-order valence-electron chi connectivity index (χ0n) is 9.50. The lowest BCUT2D eigenvalue weighted by atomic mass is 10.3. The first kappa shape index (κ1) is 12.7. The van der Waals surface area contributed by atoms with Crippen LogP contribution >= 0.6 is 11.3 Å². The number of hydrogen-bond donors (Lipinski definition) is 1. The summed E-state index contributed by atoms with van der Waals surface area (Å²) < 4.78 is 5.45. The van der Waals surface area contributed by atoms with Crippen LogP contribution in [0.4, 0.5) is 0 Å². The Bertz CT molecular complexity index is 224. The van der Waals surface area contributed by atoms with Crippen LogP contribution in [0.3, 0.4) is 0 Å². The van der Waals surface area contributed by atoms with Gasteiger partial charge in [0, 0.05) is 24.6 Å². The van der Waals surface area contributed by atoms with E-state index in [0.717, 1.165) is 32.7 Å². The fourth-order valence-corrected chi connectivity index (χ4v) is 1.99. The predicted octanol–water partition coefficient (Wildman–Crippen LogP) is 2.70. The van der Waals surface area contributed by atoms with Crippen molar-refractivity contribution in [2.24, 2.45) is 0 Å². The van der Waals surface area contributed by atoms with E-state index in [1.165, 1.54) is 17.7 Å². The first-order valence-electron chi connectivity index (χ1n) is 5.74. The van der Waals surface area contributed by atoms with Crippen molar-refractivity contribution in [2.75, 3.05) is 26.3 Å². The molecule has 1 N–H and O–H groups in total. The lowest BCUT2D eigenvalue weighted by Crippen LogP contribution is -2.22. The third-order valence-electron chi connectivity index (χ3n) is 2.19. The van der Waals surface area contributed by atoms with Crippen LogP contribution in [0.25, 0.3) is 0 Å². The van der Waals surface area contributed by atoms with Crippen molar-refractivity contribution in [3.63, 3.8) is 0 Å². The molecule has 0 aliphatic heterocycles. The van der Waals surface area contributed by atoms with Crippen molar-refractivity contribution in [2.45, 2.75) is 26.2 Å². The van der Waals surface area contributed by atoms with Crippen LogP contribution in [0.5, 0.6) is 0 Å². The molecule has 2 nitrogen and oxygen atoms in total. The number of hydrogen-bond acceptors (Lipinski definition) is 3. The first-order valence-corrected chi connectivity index (χ1v) is 6.62. The van der Waals surface area contributed by atoms with Crippen LogP contribution < -0.4 is 5.32 Å². The van der Waals surface area contributed by atoms with Crippen LogP contribution in [0, 0.1) is 0 Å². The van der Waals surface area contributed by atoms with Gasteiger partial charge in [0.1, 0.15) is 0 Å². The second kappa shape index (κ2) is 8.89. The summed E-state index contributed by atoms with van der Waals surface area (Å²) in [5, 5.41) is 5.51. The molecular weight excluding hydrogens is 206 g/mol. The molecule has 1 rings (SSSR count). The Balaban J connectivity index is 1.81. The summed E-state index contributed by atoms with van der Waals surface area (Å²) in [5.74, 6) is 0. The summed E-state index contributed by atoms with van der Waals surface area (Å²) in [6.07, 6.45) is 3.52. The lowest BCUT2D eigenvalue weighted by Gasteiger charge is -2.04. The Morgan fingerprint density at radius 1 is 1.33 bits per heavy atom. The van der Waals surface area contributed by atoms with E-state index in [1.807, 2.05) is 11.3 Å². The molecular formula is C12H21NOS. The van der Waals surface area contributed by atoms with E-state index in [-0.39, 0.29) is 0 Å². The van der Waals surface area contributed by atoms with Crippen LogP contribution in [-0.4, -0.2) is 26.3 Å². The lowest BCUT2D eigenvalue weighted by molar-refractivity contribution is 0.133. The van der Waals surface area contributed by atoms with E-state index in [1.54, 1.807) is 0 Å². The number of ether oxygens (including phenoxy) is 1. The van der Waals surface area contributed by atoms with Gasteiger partial charge in [0.25, 0.3) is 0 Å². The van der Waals surface area contributed by atoms with Crippen molar-refractivity contribution in [3.8, 4) is 0 Å². The van der Waals surface area contributed by atoms with E-state index in [0.29, 0.717) is 0 Å². The van der Waals surface area contributed by atoms with Crippen molar-refractivity contribution < 1.29 is 4.74 Å². The van der Waals surface area contributed by atoms with Gasteiger partial charge < -0.3 is 10.1 Å². The Labute approximate surface area is 96.7 Å². The molecule has 0 aliphatic carbocycles. The minimum absolute atomic E-state index is 0.838. The third kappa shape index (κ3) is 6.66. The zero-order chi connectivity index (χ0) is 10.8. The monoisotopic (exact) mass is 227 g/mol. The van der Waals surface area contributed by atoms with Crippen molar-refractivity contribution >= 4 is 11.3 Å². The van der Waals surface area contributed by atoms with Gasteiger partial charge in [-0.2, -0.15) is 0 Å². The van der Waals surface area contributed by atoms with Crippen LogP contribution in [0.2, 0.25) is 0 Å². The molecule has 0 bridgehead atoms. The predicted molar refractivity (Wildman–Crippen MR) is 66.6 cm³/mol. The molecule has 0 saturated carbocycles. The van der Waals surface area contributed by atoms with E-state index < -0.39 is 0 Å². The smallest absolute Gasteiger partial charge is 0.0590 e. The van der Waals surface area contributed by atoms with Crippen molar-refractivity contribution in [1.82, 2.24) is 5.32 Å². The fraction of sp³-hybridized carbons (Fsp3) is 0.667. The molecule has 3 heteroatoms. The van der Waals surface area contributed by atoms with Crippen molar-refractivity contribution in [1.29, 1.82) is 0 Å². The van der Waals surface area contributed by atoms with Crippen LogP contribution in [0.15, 0.2) is 17.5 Å². The molecule has 86 valence electrons. The van der Waals surface area contributed by atoms with Gasteiger partial charge in [0.2, 0.25) is 0 Å². The highest BCUT2D eigenvalue weighted by Gasteiger charge is 1.93. The average molecular weight is 227 g/mol. The standard InChI is InChI=1S/C12H21NOS/c1-2-3-9-14-10-8-13-7-6-12-5-4-11-15-12/h4-5,11,13H,2-3,6-10H2,1H3. The molecule has 0 aromatic carbocycles. The molecule has 1 aromatic heterocycles. The van der Waals surface area contributed by atoms with Gasteiger partial charge in [-0.1, -0.05) is 19.4 Å². The van der Waals surface area contributed by atoms with Gasteiger partial charge in [-0.15, -0.1) is 11.3 Å². The molecule has 0 atom stereocenters. The molecule has 0 aliphatic rings. The number of unbranched alkanes of at least 4 members (excludes halogenated alkanes) is 1. The summed E-state index contributed by atoms with van der Waals surface area (Å²) in [6, 6.07) is 4.29. The highest BCUT2D eigenvalue weighted by atomic mass is 32.1. The molecule has 0 saturated heterocycles. The Kier molecular flexibility index (Phi) is 7.52. The molecule has 1 heterocycles. The molecule has 0 amide bonds. The van der Waals surface area contributed by atoms with Gasteiger partial charge in [-0.05, 0) is 24.3 Å². The molecule has 1 aromatic rings. The van der Waals surface area contributed by atoms with Gasteiger partial charge in [0.15, 0.2) is 0 Å². The molecule has 0 radical (unpaired) electrons. The van der Waals surface area contributed by atoms with Gasteiger partial charge >= 0.3 is 0 Å². The van der Waals surface area contributed by atoms with Crippen LogP contribution in [-0.2, 0) is 11.2 Å². The molecule has 15 heavy (non-hydrogen) atoms. The zero-order valence-corrected chi connectivity index (χ0v) is 10.3. The highest BCUT2D eigenvalue weighted by molar-refractivity contribution is 7.09. The Morgan fingerprint density at radius 3 is 3.00 bits per heavy atom. The summed E-state index contributed by atoms with van der Waals surface area (Å²) in [4.78, 5) is 1.45.